The van der Waals surface area contributed by atoms with E-state index < -0.39 is 0 Å². The summed E-state index contributed by atoms with van der Waals surface area (Å²) in [5.74, 6) is -0.0508. The Balaban J connectivity index is 1.69. The number of rotatable bonds is 4. The predicted molar refractivity (Wildman–Crippen MR) is 133 cm³/mol. The van der Waals surface area contributed by atoms with E-state index in [-0.39, 0.29) is 17.8 Å². The molecule has 4 aromatic heterocycles. The van der Waals surface area contributed by atoms with Gasteiger partial charge >= 0.3 is 0 Å². The fraction of sp³-hybridized carbons (Fsp3) is 0.308. The van der Waals surface area contributed by atoms with Gasteiger partial charge in [-0.1, -0.05) is 35.0 Å². The van der Waals surface area contributed by atoms with Crippen LogP contribution >= 0.6 is 11.6 Å². The first kappa shape index (κ1) is 22.1. The molecule has 0 bridgehead atoms. The summed E-state index contributed by atoms with van der Waals surface area (Å²) in [6.07, 6.45) is 5.25. The molecule has 0 spiro atoms. The molecule has 1 saturated heterocycles. The summed E-state index contributed by atoms with van der Waals surface area (Å²) in [5, 5.41) is 9.62. The number of pyridine rings is 2. The molecule has 1 aromatic carbocycles. The van der Waals surface area contributed by atoms with E-state index in [1.807, 2.05) is 38.4 Å². The van der Waals surface area contributed by atoms with Gasteiger partial charge in [0.1, 0.15) is 11.0 Å². The van der Waals surface area contributed by atoms with Crippen molar-refractivity contribution in [1.82, 2.24) is 29.5 Å². The van der Waals surface area contributed by atoms with Gasteiger partial charge in [-0.25, -0.2) is 14.1 Å². The summed E-state index contributed by atoms with van der Waals surface area (Å²) in [6.45, 7) is 3.23. The molecule has 1 atom stereocenters. The van der Waals surface area contributed by atoms with Crippen LogP contribution in [-0.2, 0) is 11.8 Å². The topological polar surface area (TPSA) is 70.7 Å². The number of ether oxygens (including phenoxy) is 1. The van der Waals surface area contributed by atoms with Crippen LogP contribution in [0.15, 0.2) is 48.8 Å². The Morgan fingerprint density at radius 2 is 1.89 bits per heavy atom. The number of halogens is 2. The maximum atomic E-state index is 15.4. The van der Waals surface area contributed by atoms with Crippen LogP contribution in [-0.4, -0.2) is 42.7 Å². The third-order valence-corrected chi connectivity index (χ3v) is 7.18. The molecule has 9 heteroatoms. The molecular formula is C26H24ClFN6O. The molecule has 0 saturated carbocycles. The van der Waals surface area contributed by atoms with Gasteiger partial charge in [0.05, 0.1) is 34.0 Å². The molecule has 1 fully saturated rings. The average molecular weight is 491 g/mol. The molecule has 35 heavy (non-hydrogen) atoms. The first-order valence-corrected chi connectivity index (χ1v) is 12.0. The van der Waals surface area contributed by atoms with Crippen LogP contribution in [0.3, 0.4) is 0 Å². The van der Waals surface area contributed by atoms with Crippen LogP contribution in [0.1, 0.15) is 30.1 Å². The summed E-state index contributed by atoms with van der Waals surface area (Å²) >= 11 is 6.38. The van der Waals surface area contributed by atoms with E-state index in [1.165, 1.54) is 6.07 Å². The Bertz CT molecular complexity index is 1540. The van der Waals surface area contributed by atoms with Gasteiger partial charge in [-0.2, -0.15) is 0 Å². The molecule has 0 aliphatic carbocycles. The minimum absolute atomic E-state index is 0.176. The van der Waals surface area contributed by atoms with E-state index in [0.717, 1.165) is 51.7 Å². The summed E-state index contributed by atoms with van der Waals surface area (Å²) in [7, 11) is 1.86. The van der Waals surface area contributed by atoms with Gasteiger partial charge in [-0.05, 0) is 43.9 Å². The monoisotopic (exact) mass is 490 g/mol. The largest absolute Gasteiger partial charge is 0.381 e. The molecular weight excluding hydrogens is 467 g/mol. The number of hydrogen-bond acceptors (Lipinski definition) is 5. The molecule has 0 amide bonds. The van der Waals surface area contributed by atoms with E-state index in [0.29, 0.717) is 23.9 Å². The molecule has 0 N–H and O–H groups in total. The number of aryl methyl sites for hydroxylation is 2. The zero-order valence-corrected chi connectivity index (χ0v) is 20.2. The predicted octanol–water partition coefficient (Wildman–Crippen LogP) is 5.50. The highest BCUT2D eigenvalue weighted by Gasteiger charge is 2.32. The zero-order chi connectivity index (χ0) is 24.1. The van der Waals surface area contributed by atoms with Crippen LogP contribution in [0.4, 0.5) is 4.39 Å². The van der Waals surface area contributed by atoms with Crippen molar-refractivity contribution in [2.75, 3.05) is 13.2 Å². The summed E-state index contributed by atoms with van der Waals surface area (Å²) in [6, 6.07) is 10.7. The lowest BCUT2D eigenvalue weighted by molar-refractivity contribution is 0.0548. The Hall–Kier alpha value is -3.36. The standard InChI is InChI=1S/C26H24ClFN6O/c1-15-25(33(2)32-31-15)17-11-22-24(30-13-17)19-14-29-23(27)12-21(19)34(22)26(16-7-9-35-10-8-16)18-5-3-4-6-20(18)28/h3-6,11-14,16,26H,7-10H2,1-2H3/t26-/m0/s1. The fourth-order valence-electron chi connectivity index (χ4n) is 5.41. The minimum Gasteiger partial charge on any atom is -0.381 e. The highest BCUT2D eigenvalue weighted by molar-refractivity contribution is 6.30. The average Bonchev–Trinajstić information content (AvgIpc) is 3.36. The van der Waals surface area contributed by atoms with Crippen molar-refractivity contribution >= 4 is 33.5 Å². The Morgan fingerprint density at radius 1 is 1.09 bits per heavy atom. The van der Waals surface area contributed by atoms with E-state index in [4.69, 9.17) is 21.3 Å². The van der Waals surface area contributed by atoms with Crippen LogP contribution < -0.4 is 0 Å². The molecule has 1 aliphatic rings. The Labute approximate surface area is 206 Å². The normalized spacial score (nSPS) is 15.8. The Morgan fingerprint density at radius 3 is 2.63 bits per heavy atom. The smallest absolute Gasteiger partial charge is 0.131 e. The lowest BCUT2D eigenvalue weighted by atomic mass is 9.86. The second-order valence-electron chi connectivity index (χ2n) is 9.05. The van der Waals surface area contributed by atoms with Crippen LogP contribution in [0.2, 0.25) is 5.15 Å². The van der Waals surface area contributed by atoms with Crippen molar-refractivity contribution in [2.45, 2.75) is 25.8 Å². The summed E-state index contributed by atoms with van der Waals surface area (Å²) in [5.41, 5.74) is 5.82. The maximum Gasteiger partial charge on any atom is 0.131 e. The van der Waals surface area contributed by atoms with E-state index in [1.54, 1.807) is 16.9 Å². The van der Waals surface area contributed by atoms with Gasteiger partial charge in [-0.15, -0.1) is 5.10 Å². The van der Waals surface area contributed by atoms with Crippen molar-refractivity contribution in [3.63, 3.8) is 0 Å². The number of hydrogen-bond donors (Lipinski definition) is 0. The van der Waals surface area contributed by atoms with Gasteiger partial charge in [0, 0.05) is 49.2 Å². The van der Waals surface area contributed by atoms with Crippen LogP contribution in [0.25, 0.3) is 33.2 Å². The number of benzene rings is 1. The molecule has 5 heterocycles. The number of nitrogens with zero attached hydrogens (tertiary/aromatic N) is 6. The van der Waals surface area contributed by atoms with Crippen molar-refractivity contribution in [1.29, 1.82) is 0 Å². The second kappa shape index (κ2) is 8.70. The van der Waals surface area contributed by atoms with Crippen molar-refractivity contribution in [2.24, 2.45) is 13.0 Å². The van der Waals surface area contributed by atoms with Crippen LogP contribution in [0, 0.1) is 18.7 Å². The molecule has 5 aromatic rings. The number of aromatic nitrogens is 6. The third-order valence-electron chi connectivity index (χ3n) is 6.97. The summed E-state index contributed by atoms with van der Waals surface area (Å²) < 4.78 is 25.0. The number of fused-ring (bicyclic) bond motifs is 3. The zero-order valence-electron chi connectivity index (χ0n) is 19.4. The van der Waals surface area contributed by atoms with Gasteiger partial charge in [0.25, 0.3) is 0 Å². The highest BCUT2D eigenvalue weighted by Crippen LogP contribution is 2.42. The lowest BCUT2D eigenvalue weighted by Crippen LogP contribution is -2.27. The van der Waals surface area contributed by atoms with Crippen molar-refractivity contribution in [3.8, 4) is 11.3 Å². The first-order valence-electron chi connectivity index (χ1n) is 11.7. The third kappa shape index (κ3) is 3.68. The second-order valence-corrected chi connectivity index (χ2v) is 9.44. The van der Waals surface area contributed by atoms with Crippen molar-refractivity contribution in [3.05, 3.63) is 71.0 Å². The summed E-state index contributed by atoms with van der Waals surface area (Å²) in [4.78, 5) is 9.18. The molecule has 1 aliphatic heterocycles. The van der Waals surface area contributed by atoms with Gasteiger partial charge < -0.3 is 9.30 Å². The van der Waals surface area contributed by atoms with Crippen molar-refractivity contribution < 1.29 is 9.13 Å². The molecule has 0 radical (unpaired) electrons. The first-order chi connectivity index (χ1) is 17.0. The lowest BCUT2D eigenvalue weighted by Gasteiger charge is -2.33. The van der Waals surface area contributed by atoms with Gasteiger partial charge in [0.15, 0.2) is 0 Å². The molecule has 6 rings (SSSR count). The van der Waals surface area contributed by atoms with Gasteiger partial charge in [-0.3, -0.25) is 4.98 Å². The van der Waals surface area contributed by atoms with Crippen LogP contribution in [0.5, 0.6) is 0 Å². The van der Waals surface area contributed by atoms with Gasteiger partial charge in [0.2, 0.25) is 0 Å². The SMILES string of the molecule is Cc1nnn(C)c1-c1cnc2c3cnc(Cl)cc3n([C@H](c3ccccc3F)C3CCOCC3)c2c1. The quantitative estimate of drug-likeness (QED) is 0.311. The Kier molecular flexibility index (Phi) is 5.50. The molecule has 0 unspecified atom stereocenters. The highest BCUT2D eigenvalue weighted by atomic mass is 35.5. The molecule has 178 valence electrons. The van der Waals surface area contributed by atoms with E-state index >= 15 is 4.39 Å². The molecule has 7 nitrogen and oxygen atoms in total. The van der Waals surface area contributed by atoms with E-state index in [9.17, 15) is 0 Å². The fourth-order valence-corrected chi connectivity index (χ4v) is 5.56. The maximum absolute atomic E-state index is 15.4. The minimum atomic E-state index is -0.263. The van der Waals surface area contributed by atoms with E-state index in [2.05, 4.69) is 25.9 Å².